The molecule has 1 aliphatic heterocycles. The number of likely N-dealkylation sites (N-methyl/N-ethyl adjacent to an activating group) is 1. The van der Waals surface area contributed by atoms with Crippen LogP contribution in [0.3, 0.4) is 0 Å². The van der Waals surface area contributed by atoms with Gasteiger partial charge in [0.1, 0.15) is 5.75 Å². The SMILES string of the molecule is COc1ccccc1C(C)N(C)C1CCNC1. The Labute approximate surface area is 104 Å². The Balaban J connectivity index is 2.14. The summed E-state index contributed by atoms with van der Waals surface area (Å²) in [6.45, 7) is 4.47. The van der Waals surface area contributed by atoms with Crippen molar-refractivity contribution in [3.63, 3.8) is 0 Å². The normalized spacial score (nSPS) is 21.8. The molecule has 0 bridgehead atoms. The van der Waals surface area contributed by atoms with Crippen LogP contribution in [-0.2, 0) is 0 Å². The van der Waals surface area contributed by atoms with Gasteiger partial charge in [0.2, 0.25) is 0 Å². The molecule has 0 amide bonds. The first-order chi connectivity index (χ1) is 8.24. The molecule has 0 aliphatic carbocycles. The first-order valence-electron chi connectivity index (χ1n) is 6.29. The Morgan fingerprint density at radius 3 is 2.82 bits per heavy atom. The summed E-state index contributed by atoms with van der Waals surface area (Å²) in [5.74, 6) is 0.984. The second kappa shape index (κ2) is 5.52. The van der Waals surface area contributed by atoms with Crippen LogP contribution in [0, 0.1) is 0 Å². The van der Waals surface area contributed by atoms with Crippen LogP contribution in [0.5, 0.6) is 5.75 Å². The van der Waals surface area contributed by atoms with E-state index >= 15 is 0 Å². The number of hydrogen-bond donors (Lipinski definition) is 1. The van der Waals surface area contributed by atoms with Crippen molar-refractivity contribution >= 4 is 0 Å². The van der Waals surface area contributed by atoms with Gasteiger partial charge in [0, 0.05) is 24.2 Å². The van der Waals surface area contributed by atoms with Crippen LogP contribution in [0.1, 0.15) is 24.9 Å². The van der Waals surface area contributed by atoms with Gasteiger partial charge < -0.3 is 10.1 Å². The molecule has 94 valence electrons. The Kier molecular flexibility index (Phi) is 4.02. The van der Waals surface area contributed by atoms with Gasteiger partial charge in [-0.1, -0.05) is 18.2 Å². The molecule has 0 radical (unpaired) electrons. The van der Waals surface area contributed by atoms with E-state index < -0.39 is 0 Å². The number of hydrogen-bond acceptors (Lipinski definition) is 3. The summed E-state index contributed by atoms with van der Waals surface area (Å²) in [5.41, 5.74) is 1.27. The largest absolute Gasteiger partial charge is 0.496 e. The highest BCUT2D eigenvalue weighted by molar-refractivity contribution is 5.35. The summed E-state index contributed by atoms with van der Waals surface area (Å²) in [6.07, 6.45) is 1.23. The van der Waals surface area contributed by atoms with E-state index in [9.17, 15) is 0 Å². The van der Waals surface area contributed by atoms with Crippen LogP contribution in [0.4, 0.5) is 0 Å². The summed E-state index contributed by atoms with van der Waals surface area (Å²) < 4.78 is 5.44. The van der Waals surface area contributed by atoms with E-state index in [1.807, 2.05) is 12.1 Å². The van der Waals surface area contributed by atoms with Gasteiger partial charge in [-0.3, -0.25) is 4.90 Å². The van der Waals surface area contributed by atoms with Gasteiger partial charge in [0.25, 0.3) is 0 Å². The average molecular weight is 234 g/mol. The molecule has 0 spiro atoms. The van der Waals surface area contributed by atoms with Crippen molar-refractivity contribution in [2.24, 2.45) is 0 Å². The third kappa shape index (κ3) is 2.61. The zero-order chi connectivity index (χ0) is 12.3. The summed E-state index contributed by atoms with van der Waals surface area (Å²) in [6, 6.07) is 9.31. The minimum atomic E-state index is 0.385. The number of benzene rings is 1. The average Bonchev–Trinajstić information content (AvgIpc) is 2.90. The van der Waals surface area contributed by atoms with E-state index in [1.165, 1.54) is 12.0 Å². The van der Waals surface area contributed by atoms with Crippen LogP contribution >= 0.6 is 0 Å². The van der Waals surface area contributed by atoms with Gasteiger partial charge in [-0.15, -0.1) is 0 Å². The fraction of sp³-hybridized carbons (Fsp3) is 0.571. The molecule has 3 nitrogen and oxygen atoms in total. The molecule has 1 heterocycles. The molecular formula is C14H22N2O. The lowest BCUT2D eigenvalue weighted by atomic mass is 10.0. The zero-order valence-electron chi connectivity index (χ0n) is 10.9. The number of ether oxygens (including phenoxy) is 1. The Morgan fingerprint density at radius 1 is 1.41 bits per heavy atom. The second-order valence-electron chi connectivity index (χ2n) is 4.73. The standard InChI is InChI=1S/C14H22N2O/c1-11(16(2)12-8-9-15-10-12)13-6-4-5-7-14(13)17-3/h4-7,11-12,15H,8-10H2,1-3H3. The fourth-order valence-electron chi connectivity index (χ4n) is 2.53. The van der Waals surface area contributed by atoms with Crippen LogP contribution in [-0.4, -0.2) is 38.2 Å². The van der Waals surface area contributed by atoms with Crippen molar-refractivity contribution in [2.75, 3.05) is 27.2 Å². The predicted octanol–water partition coefficient (Wildman–Crippen LogP) is 2.05. The van der Waals surface area contributed by atoms with Crippen LogP contribution < -0.4 is 10.1 Å². The van der Waals surface area contributed by atoms with Crippen molar-refractivity contribution < 1.29 is 4.74 Å². The Hall–Kier alpha value is -1.06. The lowest BCUT2D eigenvalue weighted by Crippen LogP contribution is -2.35. The van der Waals surface area contributed by atoms with E-state index in [1.54, 1.807) is 7.11 Å². The molecule has 1 fully saturated rings. The number of methoxy groups -OCH3 is 1. The zero-order valence-corrected chi connectivity index (χ0v) is 10.9. The van der Waals surface area contributed by atoms with Crippen LogP contribution in [0.25, 0.3) is 0 Å². The molecule has 1 saturated heterocycles. The summed E-state index contributed by atoms with van der Waals surface area (Å²) in [4.78, 5) is 2.44. The highest BCUT2D eigenvalue weighted by Crippen LogP contribution is 2.29. The van der Waals surface area contributed by atoms with Crippen molar-refractivity contribution in [1.29, 1.82) is 0 Å². The molecule has 0 saturated carbocycles. The Morgan fingerprint density at radius 2 is 2.18 bits per heavy atom. The summed E-state index contributed by atoms with van der Waals surface area (Å²) in [5, 5.41) is 3.42. The third-order valence-corrected chi connectivity index (χ3v) is 3.81. The van der Waals surface area contributed by atoms with E-state index in [-0.39, 0.29) is 0 Å². The molecule has 0 aromatic heterocycles. The lowest BCUT2D eigenvalue weighted by molar-refractivity contribution is 0.193. The van der Waals surface area contributed by atoms with Crippen molar-refractivity contribution in [3.8, 4) is 5.75 Å². The maximum Gasteiger partial charge on any atom is 0.123 e. The number of nitrogens with zero attached hydrogens (tertiary/aromatic N) is 1. The smallest absolute Gasteiger partial charge is 0.123 e. The van der Waals surface area contributed by atoms with E-state index in [0.717, 1.165) is 18.8 Å². The van der Waals surface area contributed by atoms with E-state index in [4.69, 9.17) is 4.74 Å². The predicted molar refractivity (Wildman–Crippen MR) is 70.4 cm³/mol. The third-order valence-electron chi connectivity index (χ3n) is 3.81. The molecule has 2 unspecified atom stereocenters. The number of para-hydroxylation sites is 1. The van der Waals surface area contributed by atoms with Crippen molar-refractivity contribution in [3.05, 3.63) is 29.8 Å². The topological polar surface area (TPSA) is 24.5 Å². The van der Waals surface area contributed by atoms with Gasteiger partial charge in [-0.25, -0.2) is 0 Å². The fourth-order valence-corrected chi connectivity index (χ4v) is 2.53. The highest BCUT2D eigenvalue weighted by Gasteiger charge is 2.25. The second-order valence-corrected chi connectivity index (χ2v) is 4.73. The molecule has 17 heavy (non-hydrogen) atoms. The monoisotopic (exact) mass is 234 g/mol. The molecule has 2 rings (SSSR count). The lowest BCUT2D eigenvalue weighted by Gasteiger charge is -2.31. The molecular weight excluding hydrogens is 212 g/mol. The van der Waals surface area contributed by atoms with Gasteiger partial charge in [0.05, 0.1) is 7.11 Å². The molecule has 1 aromatic rings. The molecule has 1 aromatic carbocycles. The summed E-state index contributed by atoms with van der Waals surface area (Å²) in [7, 11) is 3.94. The first kappa shape index (κ1) is 12.4. The van der Waals surface area contributed by atoms with Gasteiger partial charge in [-0.05, 0) is 33.0 Å². The van der Waals surface area contributed by atoms with E-state index in [0.29, 0.717) is 12.1 Å². The maximum absolute atomic E-state index is 5.44. The summed E-state index contributed by atoms with van der Waals surface area (Å²) >= 11 is 0. The van der Waals surface area contributed by atoms with Gasteiger partial charge in [-0.2, -0.15) is 0 Å². The highest BCUT2D eigenvalue weighted by atomic mass is 16.5. The van der Waals surface area contributed by atoms with Crippen LogP contribution in [0.15, 0.2) is 24.3 Å². The molecule has 1 N–H and O–H groups in total. The van der Waals surface area contributed by atoms with Gasteiger partial charge in [0.15, 0.2) is 0 Å². The van der Waals surface area contributed by atoms with Crippen LogP contribution in [0.2, 0.25) is 0 Å². The Bertz CT molecular complexity index is 361. The molecule has 3 heteroatoms. The van der Waals surface area contributed by atoms with E-state index in [2.05, 4.69) is 36.3 Å². The molecule has 2 atom stereocenters. The number of rotatable bonds is 4. The van der Waals surface area contributed by atoms with Crippen molar-refractivity contribution in [1.82, 2.24) is 10.2 Å². The number of nitrogens with one attached hydrogen (secondary N) is 1. The quantitative estimate of drug-likeness (QED) is 0.863. The maximum atomic E-state index is 5.44. The minimum absolute atomic E-state index is 0.385. The first-order valence-corrected chi connectivity index (χ1v) is 6.29. The van der Waals surface area contributed by atoms with Crippen molar-refractivity contribution in [2.45, 2.75) is 25.4 Å². The molecule has 1 aliphatic rings. The van der Waals surface area contributed by atoms with Gasteiger partial charge >= 0.3 is 0 Å². The minimum Gasteiger partial charge on any atom is -0.496 e.